The van der Waals surface area contributed by atoms with Crippen LogP contribution in [-0.4, -0.2) is 20.4 Å². The normalized spacial score (nSPS) is 27.5. The van der Waals surface area contributed by atoms with Gasteiger partial charge in [-0.1, -0.05) is 53.0 Å². The molecule has 0 saturated heterocycles. The smallest absolute Gasteiger partial charge is 0.302 e. The van der Waals surface area contributed by atoms with Crippen molar-refractivity contribution in [3.05, 3.63) is 0 Å². The maximum absolute atomic E-state index is 10.9. The fraction of sp³-hybridized carbons (Fsp3) is 0.889. The third-order valence-electron chi connectivity index (χ3n) is 2.24. The van der Waals surface area contributed by atoms with Crippen LogP contribution in [0.1, 0.15) is 32.6 Å². The van der Waals surface area contributed by atoms with Gasteiger partial charge in [-0.05, 0) is 19.3 Å². The summed E-state index contributed by atoms with van der Waals surface area (Å²) in [6, 6.07) is 0. The SMILES string of the molecule is CC(=O)O[C@@H]1CCCC[C@H]1SC(Cl)(Cl)Cl. The highest BCUT2D eigenvalue weighted by Gasteiger charge is 2.34. The first kappa shape index (κ1) is 13.8. The Kier molecular flexibility index (Phi) is 5.37. The van der Waals surface area contributed by atoms with Crippen LogP contribution in [0.4, 0.5) is 0 Å². The Morgan fingerprint density at radius 2 is 1.93 bits per heavy atom. The number of alkyl halides is 3. The van der Waals surface area contributed by atoms with Crippen LogP contribution in [0.25, 0.3) is 0 Å². The molecule has 15 heavy (non-hydrogen) atoms. The maximum atomic E-state index is 10.9. The highest BCUT2D eigenvalue weighted by atomic mass is 35.6. The molecule has 0 amide bonds. The van der Waals surface area contributed by atoms with Gasteiger partial charge in [0.2, 0.25) is 3.12 Å². The van der Waals surface area contributed by atoms with E-state index in [4.69, 9.17) is 39.5 Å². The Morgan fingerprint density at radius 1 is 1.33 bits per heavy atom. The molecule has 1 rings (SSSR count). The fourth-order valence-electron chi connectivity index (χ4n) is 1.72. The predicted molar refractivity (Wildman–Crippen MR) is 65.7 cm³/mol. The first-order valence-corrected chi connectivity index (χ1v) is 6.81. The topological polar surface area (TPSA) is 26.3 Å². The molecule has 2 nitrogen and oxygen atoms in total. The number of thioether (sulfide) groups is 1. The maximum Gasteiger partial charge on any atom is 0.302 e. The summed E-state index contributed by atoms with van der Waals surface area (Å²) in [6.45, 7) is 1.41. The van der Waals surface area contributed by atoms with Crippen LogP contribution in [0, 0.1) is 0 Å². The highest BCUT2D eigenvalue weighted by molar-refractivity contribution is 8.05. The molecule has 1 fully saturated rings. The number of hydrogen-bond acceptors (Lipinski definition) is 3. The minimum absolute atomic E-state index is 0.0927. The van der Waals surface area contributed by atoms with Gasteiger partial charge in [-0.15, -0.1) is 0 Å². The van der Waals surface area contributed by atoms with Gasteiger partial charge in [0.1, 0.15) is 6.10 Å². The molecule has 0 bridgehead atoms. The molecule has 0 aromatic rings. The molecule has 0 heterocycles. The van der Waals surface area contributed by atoms with Gasteiger partial charge in [0, 0.05) is 12.2 Å². The van der Waals surface area contributed by atoms with Crippen molar-refractivity contribution in [1.29, 1.82) is 0 Å². The zero-order chi connectivity index (χ0) is 11.5. The Labute approximate surface area is 109 Å². The lowest BCUT2D eigenvalue weighted by molar-refractivity contribution is -0.147. The van der Waals surface area contributed by atoms with Crippen LogP contribution in [0.3, 0.4) is 0 Å². The molecule has 0 spiro atoms. The van der Waals surface area contributed by atoms with Crippen LogP contribution in [0.5, 0.6) is 0 Å². The molecule has 0 aliphatic heterocycles. The number of carbonyl (C=O) groups is 1. The van der Waals surface area contributed by atoms with E-state index >= 15 is 0 Å². The van der Waals surface area contributed by atoms with Gasteiger partial charge in [0.25, 0.3) is 0 Å². The number of halogens is 3. The summed E-state index contributed by atoms with van der Waals surface area (Å²) in [4.78, 5) is 10.9. The minimum atomic E-state index is -1.33. The molecule has 1 aliphatic carbocycles. The first-order chi connectivity index (χ1) is 6.88. The molecule has 6 heteroatoms. The third kappa shape index (κ3) is 5.53. The summed E-state index contributed by atoms with van der Waals surface area (Å²) in [5.41, 5.74) is 0. The number of rotatable bonds is 2. The van der Waals surface area contributed by atoms with E-state index in [0.29, 0.717) is 0 Å². The van der Waals surface area contributed by atoms with Crippen molar-refractivity contribution in [1.82, 2.24) is 0 Å². The number of ether oxygens (including phenoxy) is 1. The van der Waals surface area contributed by atoms with Gasteiger partial charge < -0.3 is 4.74 Å². The molecule has 0 N–H and O–H groups in total. The van der Waals surface area contributed by atoms with Crippen LogP contribution in [0.2, 0.25) is 0 Å². The van der Waals surface area contributed by atoms with Crippen LogP contribution >= 0.6 is 46.6 Å². The quantitative estimate of drug-likeness (QED) is 0.570. The van der Waals surface area contributed by atoms with Gasteiger partial charge in [0.05, 0.1) is 0 Å². The second-order valence-electron chi connectivity index (χ2n) is 3.53. The summed E-state index contributed by atoms with van der Waals surface area (Å²) in [5, 5.41) is 0.0927. The van der Waals surface area contributed by atoms with E-state index in [2.05, 4.69) is 0 Å². The Hall–Kier alpha value is 0.690. The van der Waals surface area contributed by atoms with E-state index < -0.39 is 3.12 Å². The summed E-state index contributed by atoms with van der Waals surface area (Å²) < 4.78 is 3.88. The van der Waals surface area contributed by atoms with Gasteiger partial charge in [0.15, 0.2) is 0 Å². The zero-order valence-electron chi connectivity index (χ0n) is 8.34. The second-order valence-corrected chi connectivity index (χ2v) is 7.94. The zero-order valence-corrected chi connectivity index (χ0v) is 11.4. The molecule has 2 atom stereocenters. The van der Waals surface area contributed by atoms with Gasteiger partial charge in [-0.3, -0.25) is 4.79 Å². The number of hydrogen-bond donors (Lipinski definition) is 0. The van der Waals surface area contributed by atoms with Crippen molar-refractivity contribution in [3.63, 3.8) is 0 Å². The van der Waals surface area contributed by atoms with Crippen molar-refractivity contribution >= 4 is 52.5 Å². The minimum Gasteiger partial charge on any atom is -0.461 e. The van der Waals surface area contributed by atoms with E-state index in [1.165, 1.54) is 18.7 Å². The van der Waals surface area contributed by atoms with Crippen LogP contribution in [0.15, 0.2) is 0 Å². The Morgan fingerprint density at radius 3 is 2.47 bits per heavy atom. The lowest BCUT2D eigenvalue weighted by Gasteiger charge is -2.32. The lowest BCUT2D eigenvalue weighted by Crippen LogP contribution is -2.33. The van der Waals surface area contributed by atoms with Crippen molar-refractivity contribution in [2.24, 2.45) is 0 Å². The summed E-state index contributed by atoms with van der Waals surface area (Å²) in [7, 11) is 0. The highest BCUT2D eigenvalue weighted by Crippen LogP contribution is 2.45. The second kappa shape index (κ2) is 5.85. The van der Waals surface area contributed by atoms with Crippen LogP contribution < -0.4 is 0 Å². The molecule has 0 radical (unpaired) electrons. The summed E-state index contributed by atoms with van der Waals surface area (Å²) >= 11 is 18.4. The average molecular weight is 292 g/mol. The van der Waals surface area contributed by atoms with E-state index in [1.807, 2.05) is 0 Å². The molecule has 1 saturated carbocycles. The van der Waals surface area contributed by atoms with Crippen molar-refractivity contribution in [2.45, 2.75) is 47.1 Å². The molecule has 1 aliphatic rings. The Balaban J connectivity index is 2.53. The van der Waals surface area contributed by atoms with Gasteiger partial charge in [-0.25, -0.2) is 0 Å². The van der Waals surface area contributed by atoms with E-state index in [0.717, 1.165) is 25.7 Å². The van der Waals surface area contributed by atoms with Crippen molar-refractivity contribution < 1.29 is 9.53 Å². The van der Waals surface area contributed by atoms with Crippen molar-refractivity contribution in [2.75, 3.05) is 0 Å². The van der Waals surface area contributed by atoms with Crippen LogP contribution in [-0.2, 0) is 9.53 Å². The first-order valence-electron chi connectivity index (χ1n) is 4.80. The largest absolute Gasteiger partial charge is 0.461 e. The fourth-order valence-corrected chi connectivity index (χ4v) is 3.72. The average Bonchev–Trinajstić information content (AvgIpc) is 2.05. The van der Waals surface area contributed by atoms with Crippen molar-refractivity contribution in [3.8, 4) is 0 Å². The number of carbonyl (C=O) groups excluding carboxylic acids is 1. The molecule has 0 unspecified atom stereocenters. The molecular weight excluding hydrogens is 279 g/mol. The third-order valence-corrected chi connectivity index (χ3v) is 4.16. The van der Waals surface area contributed by atoms with E-state index in [1.54, 1.807) is 0 Å². The molecule has 0 aromatic heterocycles. The van der Waals surface area contributed by atoms with E-state index in [-0.39, 0.29) is 17.3 Å². The summed E-state index contributed by atoms with van der Waals surface area (Å²) in [5.74, 6) is -0.267. The van der Waals surface area contributed by atoms with Gasteiger partial charge >= 0.3 is 5.97 Å². The lowest BCUT2D eigenvalue weighted by atomic mass is 9.97. The monoisotopic (exact) mass is 290 g/mol. The number of esters is 1. The van der Waals surface area contributed by atoms with Gasteiger partial charge in [-0.2, -0.15) is 0 Å². The molecular formula is C9H13Cl3O2S. The molecule has 0 aromatic carbocycles. The molecule has 88 valence electrons. The Bertz CT molecular complexity index is 230. The summed E-state index contributed by atoms with van der Waals surface area (Å²) in [6.07, 6.45) is 3.83. The predicted octanol–water partition coefficient (Wildman–Crippen LogP) is 3.92. The van der Waals surface area contributed by atoms with E-state index in [9.17, 15) is 4.79 Å². The standard InChI is InChI=1S/C9H13Cl3O2S/c1-6(13)14-7-4-2-3-5-8(7)15-9(10,11)12/h7-8H,2-5H2,1H3/t7-,8-/m1/s1.